The normalized spacial score (nSPS) is 10.2. The largest absolute Gasteiger partial charge is 2.00 e. The second kappa shape index (κ2) is 11.1. The van der Waals surface area contributed by atoms with Crippen LogP contribution < -0.4 is 0 Å². The molecule has 91 valence electrons. The first-order chi connectivity index (χ1) is 7.07. The molecule has 1 aromatic rings. The summed E-state index contributed by atoms with van der Waals surface area (Å²) in [6.07, 6.45) is 3.32. The summed E-state index contributed by atoms with van der Waals surface area (Å²) in [7, 11) is 0. The van der Waals surface area contributed by atoms with E-state index >= 15 is 0 Å². The first-order valence-electron chi connectivity index (χ1n) is 4.98. The van der Waals surface area contributed by atoms with Crippen LogP contribution in [0.5, 0.6) is 0 Å². The Bertz CT molecular complexity index is 273. The van der Waals surface area contributed by atoms with Crippen LogP contribution in [-0.4, -0.2) is 5.24 Å². The van der Waals surface area contributed by atoms with E-state index in [-0.39, 0.29) is 27.9 Å². The van der Waals surface area contributed by atoms with E-state index in [9.17, 15) is 4.79 Å². The molecule has 1 radical (unpaired) electrons. The van der Waals surface area contributed by atoms with E-state index in [1.54, 1.807) is 6.92 Å². The molecule has 1 unspecified atom stereocenters. The molecule has 0 N–H and O–H groups in total. The zero-order valence-corrected chi connectivity index (χ0v) is 11.4. The average molecular weight is 284 g/mol. The average Bonchev–Trinajstić information content (AvgIpc) is 2.20. The molecule has 1 aromatic carbocycles. The van der Waals surface area contributed by atoms with Gasteiger partial charge in [0.2, 0.25) is 0 Å². The zero-order chi connectivity index (χ0) is 11.7. The molecule has 3 heteroatoms. The molecule has 0 saturated carbocycles. The van der Waals surface area contributed by atoms with Crippen LogP contribution in [-0.2, 0) is 21.6 Å². The van der Waals surface area contributed by atoms with E-state index in [0.717, 1.165) is 6.42 Å². The first-order valence-corrected chi connectivity index (χ1v) is 5.36. The van der Waals surface area contributed by atoms with Crippen molar-refractivity contribution >= 4 is 16.8 Å². The van der Waals surface area contributed by atoms with Crippen molar-refractivity contribution in [3.05, 3.63) is 49.2 Å². The molecule has 0 amide bonds. The van der Waals surface area contributed by atoms with E-state index in [1.807, 2.05) is 6.07 Å². The van der Waals surface area contributed by atoms with Crippen molar-refractivity contribution in [1.29, 1.82) is 0 Å². The smallest absolute Gasteiger partial charge is 0.332 e. The van der Waals surface area contributed by atoms with Crippen LogP contribution >= 0.6 is 11.6 Å². The summed E-state index contributed by atoms with van der Waals surface area (Å²) < 4.78 is 0. The van der Waals surface area contributed by atoms with Crippen molar-refractivity contribution in [2.75, 3.05) is 0 Å². The van der Waals surface area contributed by atoms with Gasteiger partial charge in [0.05, 0.1) is 0 Å². The number of hydrogen-bond donors (Lipinski definition) is 0. The summed E-state index contributed by atoms with van der Waals surface area (Å²) in [5.41, 5.74) is 1.32. The number of hydrogen-bond acceptors (Lipinski definition) is 1. The quantitative estimate of drug-likeness (QED) is 0.608. The molecule has 1 atom stereocenters. The van der Waals surface area contributed by atoms with Crippen LogP contribution in [0.25, 0.3) is 0 Å². The Morgan fingerprint density at radius 3 is 2.19 bits per heavy atom. The molecule has 0 aliphatic heterocycles. The van der Waals surface area contributed by atoms with Crippen molar-refractivity contribution in [2.24, 2.45) is 5.92 Å². The molecule has 0 aromatic heterocycles. The minimum Gasteiger partial charge on any atom is -0.332 e. The Morgan fingerprint density at radius 1 is 1.44 bits per heavy atom. The Morgan fingerprint density at radius 2 is 1.88 bits per heavy atom. The molecule has 1 rings (SSSR count). The molecular formula is C13H17ClCoO. The topological polar surface area (TPSA) is 17.1 Å². The Labute approximate surface area is 114 Å². The standard InChI is InChI=1S/C9H11.C4H6ClO.Co/c1-2-6-9-7-4-3-5-8-9;1-3(2)4(5)6;/h3-8H,2H2,1H3;3H,1H2,2H3;/q2*-1;+2. The van der Waals surface area contributed by atoms with Gasteiger partial charge >= 0.3 is 16.8 Å². The van der Waals surface area contributed by atoms with Gasteiger partial charge in [-0.25, -0.2) is 0 Å². The fraction of sp³-hybridized carbons (Fsp3) is 0.308. The fourth-order valence-electron chi connectivity index (χ4n) is 0.825. The summed E-state index contributed by atoms with van der Waals surface area (Å²) in [5.74, 6) is -0.272. The number of carbonyl (C=O) groups excluding carboxylic acids is 1. The van der Waals surface area contributed by atoms with E-state index < -0.39 is 0 Å². The van der Waals surface area contributed by atoms with Gasteiger partial charge in [-0.1, -0.05) is 32.3 Å². The van der Waals surface area contributed by atoms with Gasteiger partial charge < -0.3 is 6.92 Å². The molecule has 0 aliphatic rings. The van der Waals surface area contributed by atoms with Crippen LogP contribution in [0.4, 0.5) is 0 Å². The van der Waals surface area contributed by atoms with E-state index in [4.69, 9.17) is 11.6 Å². The summed E-state index contributed by atoms with van der Waals surface area (Å²) in [4.78, 5) is 9.85. The van der Waals surface area contributed by atoms with E-state index in [2.05, 4.69) is 44.5 Å². The second-order valence-electron chi connectivity index (χ2n) is 3.23. The predicted octanol–water partition coefficient (Wildman–Crippen LogP) is 3.87. The van der Waals surface area contributed by atoms with Gasteiger partial charge in [-0.3, -0.25) is 4.79 Å². The fourth-order valence-corrected chi connectivity index (χ4v) is 0.825. The number of rotatable bonds is 3. The summed E-state index contributed by atoms with van der Waals surface area (Å²) in [6.45, 7) is 7.15. The molecule has 0 bridgehead atoms. The molecule has 0 aliphatic carbocycles. The van der Waals surface area contributed by atoms with E-state index in [0.29, 0.717) is 0 Å². The maximum absolute atomic E-state index is 9.85. The van der Waals surface area contributed by atoms with Gasteiger partial charge in [0, 0.05) is 0 Å². The molecular weight excluding hydrogens is 267 g/mol. The minimum absolute atomic E-state index is 0. The predicted molar refractivity (Wildman–Crippen MR) is 65.5 cm³/mol. The first kappa shape index (κ1) is 17.9. The van der Waals surface area contributed by atoms with Gasteiger partial charge in [0.15, 0.2) is 5.24 Å². The maximum atomic E-state index is 9.85. The number of benzene rings is 1. The van der Waals surface area contributed by atoms with E-state index in [1.165, 1.54) is 5.56 Å². The molecule has 1 nitrogen and oxygen atoms in total. The molecule has 0 heterocycles. The Balaban J connectivity index is 0. The van der Waals surface area contributed by atoms with Crippen LogP contribution in [0, 0.1) is 19.3 Å². The molecule has 16 heavy (non-hydrogen) atoms. The van der Waals surface area contributed by atoms with Gasteiger partial charge in [0.1, 0.15) is 0 Å². The third-order valence-electron chi connectivity index (χ3n) is 1.63. The summed E-state index contributed by atoms with van der Waals surface area (Å²) in [5, 5.41) is -0.380. The van der Waals surface area contributed by atoms with Gasteiger partial charge in [-0.05, 0) is 11.6 Å². The molecule has 0 fully saturated rings. The van der Waals surface area contributed by atoms with Crippen LogP contribution in [0.15, 0.2) is 30.3 Å². The van der Waals surface area contributed by atoms with Crippen molar-refractivity contribution in [3.8, 4) is 0 Å². The van der Waals surface area contributed by atoms with Gasteiger partial charge in [-0.2, -0.15) is 24.1 Å². The van der Waals surface area contributed by atoms with Crippen molar-refractivity contribution in [2.45, 2.75) is 20.3 Å². The van der Waals surface area contributed by atoms with Crippen molar-refractivity contribution in [3.63, 3.8) is 0 Å². The number of halogens is 1. The Kier molecular flexibility index (Phi) is 12.4. The summed E-state index contributed by atoms with van der Waals surface area (Å²) in [6, 6.07) is 10.4. The van der Waals surface area contributed by atoms with Gasteiger partial charge in [0.25, 0.3) is 0 Å². The second-order valence-corrected chi connectivity index (χ2v) is 3.60. The maximum Gasteiger partial charge on any atom is 2.00 e. The van der Waals surface area contributed by atoms with Crippen molar-refractivity contribution in [1.82, 2.24) is 0 Å². The minimum atomic E-state index is -0.380. The van der Waals surface area contributed by atoms with Crippen LogP contribution in [0.3, 0.4) is 0 Å². The third-order valence-corrected chi connectivity index (χ3v) is 2.00. The van der Waals surface area contributed by atoms with Crippen molar-refractivity contribution < 1.29 is 21.6 Å². The molecule has 0 spiro atoms. The number of carbonyl (C=O) groups is 1. The SMILES string of the molecule is CC[CH-]c1ccccc1.[CH2-]C(C)C(=O)Cl.[Co+2]. The third kappa shape index (κ3) is 10.1. The monoisotopic (exact) mass is 283 g/mol. The summed E-state index contributed by atoms with van der Waals surface area (Å²) >= 11 is 4.91. The molecule has 0 saturated heterocycles. The van der Waals surface area contributed by atoms with Gasteiger partial charge in [-0.15, -0.1) is 12.1 Å². The van der Waals surface area contributed by atoms with Crippen LogP contribution in [0.1, 0.15) is 25.8 Å². The zero-order valence-electron chi connectivity index (χ0n) is 9.58. The Hall–Kier alpha value is -0.444. The van der Waals surface area contributed by atoms with Crippen LogP contribution in [0.2, 0.25) is 0 Å².